The quantitative estimate of drug-likeness (QED) is 0.390. The molecule has 2 heterocycles. The third-order valence-electron chi connectivity index (χ3n) is 3.82. The summed E-state index contributed by atoms with van der Waals surface area (Å²) in [6.45, 7) is 3.42. The number of hydrogen-bond acceptors (Lipinski definition) is 8. The second-order valence-electron chi connectivity index (χ2n) is 5.94. The van der Waals surface area contributed by atoms with Gasteiger partial charge < -0.3 is 31.2 Å². The highest BCUT2D eigenvalue weighted by Crippen LogP contribution is 2.29. The summed E-state index contributed by atoms with van der Waals surface area (Å²) in [6, 6.07) is -0.544. The van der Waals surface area contributed by atoms with Crippen molar-refractivity contribution in [1.29, 1.82) is 0 Å². The molecule has 1 aliphatic rings. The zero-order chi connectivity index (χ0) is 18.0. The number of amides is 1. The van der Waals surface area contributed by atoms with Crippen LogP contribution >= 0.6 is 0 Å². The number of carbonyl (C=O) groups excluding carboxylic acids is 2. The smallest absolute Gasteiger partial charge is 0.365 e. The number of quaternary nitrogens is 1. The van der Waals surface area contributed by atoms with E-state index < -0.39 is 42.5 Å². The number of ether oxygens (including phenoxy) is 2. The first kappa shape index (κ1) is 18.3. The first-order valence-electron chi connectivity index (χ1n) is 7.44. The van der Waals surface area contributed by atoms with Crippen LogP contribution in [0.4, 0.5) is 0 Å². The lowest BCUT2D eigenvalue weighted by molar-refractivity contribution is -0.418. The number of aromatic nitrogens is 3. The van der Waals surface area contributed by atoms with Crippen molar-refractivity contribution in [2.24, 2.45) is 11.7 Å². The summed E-state index contributed by atoms with van der Waals surface area (Å²) in [6.07, 6.45) is -3.51. The van der Waals surface area contributed by atoms with Crippen LogP contribution in [0.5, 0.6) is 0 Å². The molecule has 1 amide bonds. The van der Waals surface area contributed by atoms with Gasteiger partial charge in [-0.1, -0.05) is 13.8 Å². The van der Waals surface area contributed by atoms with Crippen molar-refractivity contribution < 1.29 is 35.0 Å². The van der Waals surface area contributed by atoms with Crippen LogP contribution in [0.25, 0.3) is 0 Å². The van der Waals surface area contributed by atoms with Crippen LogP contribution < -0.4 is 11.5 Å². The van der Waals surface area contributed by atoms with E-state index in [1.54, 1.807) is 0 Å². The van der Waals surface area contributed by atoms with Gasteiger partial charge in [0, 0.05) is 5.92 Å². The van der Waals surface area contributed by atoms with E-state index in [0.717, 1.165) is 11.0 Å². The molecule has 1 aromatic rings. The van der Waals surface area contributed by atoms with Gasteiger partial charge in [-0.2, -0.15) is 0 Å². The zero-order valence-electron chi connectivity index (χ0n) is 13.4. The van der Waals surface area contributed by atoms with Crippen LogP contribution in [0, 0.1) is 5.92 Å². The van der Waals surface area contributed by atoms with Gasteiger partial charge in [0.15, 0.2) is 12.3 Å². The highest BCUT2D eigenvalue weighted by molar-refractivity contribution is 5.88. The van der Waals surface area contributed by atoms with E-state index in [4.69, 9.17) is 15.2 Å². The molecular formula is C13H22N5O6+. The average molecular weight is 344 g/mol. The van der Waals surface area contributed by atoms with E-state index in [1.165, 1.54) is 0 Å². The standard InChI is InChI=1S/C13H21N5O6/c1-5(2)7(14)13(22)23-3-6-8(19)9(20)12(24-6)18-4-16-11(17-18)10(15)21/h4-9,12,19-20H,3,14H2,1-2H3,(H2,15,21)/p+1/t6-,7-,8-,9-,12-/m0/s1. The molecule has 11 nitrogen and oxygen atoms in total. The highest BCUT2D eigenvalue weighted by atomic mass is 16.6. The van der Waals surface area contributed by atoms with Gasteiger partial charge in [0.05, 0.1) is 0 Å². The predicted octanol–water partition coefficient (Wildman–Crippen LogP) is -3.19. The molecule has 2 rings (SSSR count). The molecule has 7 N–H and O–H groups in total. The fourth-order valence-corrected chi connectivity index (χ4v) is 2.14. The van der Waals surface area contributed by atoms with Gasteiger partial charge in [-0.3, -0.25) is 4.79 Å². The minimum Gasteiger partial charge on any atom is -0.458 e. The Bertz CT molecular complexity index is 605. The maximum absolute atomic E-state index is 11.8. The summed E-state index contributed by atoms with van der Waals surface area (Å²) in [5.74, 6) is -1.59. The molecule has 134 valence electrons. The Morgan fingerprint density at radius 1 is 1.46 bits per heavy atom. The number of esters is 1. The number of nitrogens with zero attached hydrogens (tertiary/aromatic N) is 3. The van der Waals surface area contributed by atoms with Crippen LogP contribution in [0.15, 0.2) is 6.33 Å². The SMILES string of the molecule is CC(C)[C@H]([NH3+])C(=O)OC[C@@H]1O[C@H](n2cnc(C(N)=O)n2)[C@@H](O)[C@H]1O. The fourth-order valence-electron chi connectivity index (χ4n) is 2.14. The highest BCUT2D eigenvalue weighted by Gasteiger charge is 2.45. The van der Waals surface area contributed by atoms with Crippen molar-refractivity contribution in [3.8, 4) is 0 Å². The van der Waals surface area contributed by atoms with Crippen LogP contribution in [0.3, 0.4) is 0 Å². The van der Waals surface area contributed by atoms with Crippen molar-refractivity contribution in [3.05, 3.63) is 12.2 Å². The Morgan fingerprint density at radius 2 is 2.12 bits per heavy atom. The van der Waals surface area contributed by atoms with Gasteiger partial charge in [0.25, 0.3) is 5.91 Å². The van der Waals surface area contributed by atoms with E-state index >= 15 is 0 Å². The fraction of sp³-hybridized carbons (Fsp3) is 0.692. The molecule has 1 aliphatic heterocycles. The lowest BCUT2D eigenvalue weighted by atomic mass is 10.1. The molecule has 1 fully saturated rings. The normalized spacial score (nSPS) is 28.1. The van der Waals surface area contributed by atoms with E-state index in [2.05, 4.69) is 15.8 Å². The van der Waals surface area contributed by atoms with Gasteiger partial charge in [-0.15, -0.1) is 5.10 Å². The first-order valence-corrected chi connectivity index (χ1v) is 7.44. The van der Waals surface area contributed by atoms with Gasteiger partial charge >= 0.3 is 5.97 Å². The molecule has 1 saturated heterocycles. The molecule has 24 heavy (non-hydrogen) atoms. The largest absolute Gasteiger partial charge is 0.458 e. The number of aliphatic hydroxyl groups is 2. The van der Waals surface area contributed by atoms with Crippen molar-refractivity contribution in [3.63, 3.8) is 0 Å². The minimum absolute atomic E-state index is 0.00706. The lowest BCUT2D eigenvalue weighted by Gasteiger charge is -2.16. The molecule has 0 radical (unpaired) electrons. The second-order valence-corrected chi connectivity index (χ2v) is 5.94. The Labute approximate surface area is 137 Å². The number of carbonyl (C=O) groups is 2. The van der Waals surface area contributed by atoms with Crippen molar-refractivity contribution in [1.82, 2.24) is 14.8 Å². The average Bonchev–Trinajstić information content (AvgIpc) is 3.11. The number of rotatable bonds is 6. The topological polar surface area (TPSA) is 177 Å². The first-order chi connectivity index (χ1) is 11.2. The second kappa shape index (κ2) is 7.21. The Kier molecular flexibility index (Phi) is 5.49. The van der Waals surface area contributed by atoms with E-state index in [9.17, 15) is 19.8 Å². The number of nitrogens with two attached hydrogens (primary N) is 1. The molecule has 0 spiro atoms. The molecular weight excluding hydrogens is 322 g/mol. The number of aliphatic hydroxyl groups excluding tert-OH is 2. The van der Waals surface area contributed by atoms with Gasteiger partial charge in [-0.05, 0) is 0 Å². The third kappa shape index (κ3) is 3.70. The van der Waals surface area contributed by atoms with Gasteiger partial charge in [-0.25, -0.2) is 14.5 Å². The summed E-state index contributed by atoms with van der Waals surface area (Å²) >= 11 is 0. The molecule has 1 aromatic heterocycles. The van der Waals surface area contributed by atoms with E-state index in [-0.39, 0.29) is 18.3 Å². The van der Waals surface area contributed by atoms with Crippen LogP contribution in [-0.2, 0) is 14.3 Å². The van der Waals surface area contributed by atoms with Gasteiger partial charge in [0.1, 0.15) is 31.2 Å². The molecule has 0 saturated carbocycles. The summed E-state index contributed by atoms with van der Waals surface area (Å²) in [5.41, 5.74) is 8.76. The van der Waals surface area contributed by atoms with Crippen molar-refractivity contribution in [2.75, 3.05) is 6.61 Å². The van der Waals surface area contributed by atoms with Crippen molar-refractivity contribution >= 4 is 11.9 Å². The van der Waals surface area contributed by atoms with Crippen LogP contribution in [-0.4, -0.2) is 67.8 Å². The van der Waals surface area contributed by atoms with Crippen LogP contribution in [0.2, 0.25) is 0 Å². The zero-order valence-corrected chi connectivity index (χ0v) is 13.4. The number of hydrogen-bond donors (Lipinski definition) is 4. The minimum atomic E-state index is -1.34. The van der Waals surface area contributed by atoms with Crippen LogP contribution in [0.1, 0.15) is 30.7 Å². The molecule has 0 bridgehead atoms. The number of primary amides is 1. The molecule has 0 aromatic carbocycles. The van der Waals surface area contributed by atoms with E-state index in [0.29, 0.717) is 0 Å². The van der Waals surface area contributed by atoms with Crippen molar-refractivity contribution in [2.45, 2.75) is 44.4 Å². The molecule has 0 unspecified atom stereocenters. The maximum atomic E-state index is 11.8. The monoisotopic (exact) mass is 344 g/mol. The Balaban J connectivity index is 1.99. The molecule has 11 heteroatoms. The third-order valence-corrected chi connectivity index (χ3v) is 3.82. The lowest BCUT2D eigenvalue weighted by Crippen LogP contribution is -2.68. The summed E-state index contributed by atoms with van der Waals surface area (Å²) in [5, 5.41) is 23.9. The molecule has 0 aliphatic carbocycles. The molecule has 5 atom stereocenters. The van der Waals surface area contributed by atoms with Gasteiger partial charge in [0.2, 0.25) is 5.82 Å². The summed E-state index contributed by atoms with van der Waals surface area (Å²) < 4.78 is 11.6. The Hall–Kier alpha value is -2.08. The summed E-state index contributed by atoms with van der Waals surface area (Å²) in [4.78, 5) is 26.5. The summed E-state index contributed by atoms with van der Waals surface area (Å²) in [7, 11) is 0. The Morgan fingerprint density at radius 3 is 2.67 bits per heavy atom. The van der Waals surface area contributed by atoms with E-state index in [1.807, 2.05) is 13.8 Å². The predicted molar refractivity (Wildman–Crippen MR) is 76.9 cm³/mol. The maximum Gasteiger partial charge on any atom is 0.365 e.